The quantitative estimate of drug-likeness (QED) is 0.855. The first-order valence-electron chi connectivity index (χ1n) is 6.12. The number of furan rings is 1. The summed E-state index contributed by atoms with van der Waals surface area (Å²) in [5.74, 6) is -0.142. The number of halogens is 1. The zero-order chi connectivity index (χ0) is 14.0. The number of rotatable bonds is 3. The van der Waals surface area contributed by atoms with Crippen molar-refractivity contribution in [2.75, 3.05) is 26.8 Å². The summed E-state index contributed by atoms with van der Waals surface area (Å²) in [6.45, 7) is 5.34. The Morgan fingerprint density at radius 2 is 2.37 bits per heavy atom. The van der Waals surface area contributed by atoms with Crippen LogP contribution in [0.1, 0.15) is 24.2 Å². The summed E-state index contributed by atoms with van der Waals surface area (Å²) in [6.07, 6.45) is 1.27. The number of amides is 1. The number of carbonyl (C=O) groups is 1. The van der Waals surface area contributed by atoms with Crippen molar-refractivity contribution < 1.29 is 18.7 Å². The van der Waals surface area contributed by atoms with Crippen LogP contribution in [0.2, 0.25) is 5.22 Å². The number of ether oxygens (including phenoxy) is 2. The second kappa shape index (κ2) is 5.53. The van der Waals surface area contributed by atoms with Crippen LogP contribution >= 0.6 is 11.6 Å². The summed E-state index contributed by atoms with van der Waals surface area (Å²) in [4.78, 5) is 14.1. The average Bonchev–Trinajstić information content (AvgIpc) is 2.73. The van der Waals surface area contributed by atoms with E-state index in [1.54, 1.807) is 18.1 Å². The van der Waals surface area contributed by atoms with Crippen molar-refractivity contribution in [1.29, 1.82) is 0 Å². The lowest BCUT2D eigenvalue weighted by Gasteiger charge is -2.42. The van der Waals surface area contributed by atoms with Gasteiger partial charge in [-0.25, -0.2) is 0 Å². The van der Waals surface area contributed by atoms with Crippen LogP contribution in [-0.2, 0) is 9.47 Å². The van der Waals surface area contributed by atoms with Crippen LogP contribution in [0, 0.1) is 0 Å². The van der Waals surface area contributed by atoms with E-state index in [1.807, 2.05) is 13.8 Å². The minimum atomic E-state index is -0.409. The Morgan fingerprint density at radius 1 is 1.63 bits per heavy atom. The fraction of sp³-hybridized carbons (Fsp3) is 0.615. The third-order valence-corrected chi connectivity index (χ3v) is 3.26. The van der Waals surface area contributed by atoms with E-state index in [9.17, 15) is 4.79 Å². The molecule has 1 amide bonds. The molecule has 1 aliphatic heterocycles. The van der Waals surface area contributed by atoms with Gasteiger partial charge in [0.25, 0.3) is 5.91 Å². The molecule has 1 atom stereocenters. The predicted octanol–water partition coefficient (Wildman–Crippen LogP) is 2.20. The van der Waals surface area contributed by atoms with E-state index in [-0.39, 0.29) is 17.2 Å². The van der Waals surface area contributed by atoms with Gasteiger partial charge in [-0.05, 0) is 31.5 Å². The molecule has 1 fully saturated rings. The van der Waals surface area contributed by atoms with Crippen LogP contribution in [-0.4, -0.2) is 49.3 Å². The minimum absolute atomic E-state index is 0.123. The summed E-state index contributed by atoms with van der Waals surface area (Å²) in [5.41, 5.74) is -0.0247. The van der Waals surface area contributed by atoms with Gasteiger partial charge in [-0.3, -0.25) is 4.79 Å². The first-order valence-corrected chi connectivity index (χ1v) is 6.50. The second-order valence-corrected chi connectivity index (χ2v) is 5.59. The minimum Gasteiger partial charge on any atom is -0.452 e. The van der Waals surface area contributed by atoms with Crippen molar-refractivity contribution in [2.24, 2.45) is 0 Å². The number of nitrogens with zero attached hydrogens (tertiary/aromatic N) is 1. The lowest BCUT2D eigenvalue weighted by atomic mass is 10.0. The summed E-state index contributed by atoms with van der Waals surface area (Å²) in [6, 6.07) is 1.58. The number of morpholine rings is 1. The van der Waals surface area contributed by atoms with Crippen LogP contribution in [0.3, 0.4) is 0 Å². The van der Waals surface area contributed by atoms with Gasteiger partial charge in [0.05, 0.1) is 30.1 Å². The molecule has 0 bridgehead atoms. The normalized spacial score (nSPS) is 22.5. The Balaban J connectivity index is 2.15. The van der Waals surface area contributed by atoms with Gasteiger partial charge < -0.3 is 18.8 Å². The third kappa shape index (κ3) is 3.29. The van der Waals surface area contributed by atoms with Crippen molar-refractivity contribution in [3.8, 4) is 0 Å². The topological polar surface area (TPSA) is 51.9 Å². The molecule has 1 unspecified atom stereocenters. The van der Waals surface area contributed by atoms with Gasteiger partial charge in [-0.1, -0.05) is 0 Å². The van der Waals surface area contributed by atoms with E-state index in [4.69, 9.17) is 25.5 Å². The SMILES string of the molecule is COCC1CN(C(=O)c2ccoc2Cl)CC(C)(C)O1. The molecule has 2 heterocycles. The van der Waals surface area contributed by atoms with Crippen molar-refractivity contribution in [3.63, 3.8) is 0 Å². The van der Waals surface area contributed by atoms with E-state index in [0.717, 1.165) is 0 Å². The largest absolute Gasteiger partial charge is 0.452 e. The Bertz CT molecular complexity index is 457. The first kappa shape index (κ1) is 14.4. The maximum atomic E-state index is 12.4. The molecule has 0 N–H and O–H groups in total. The summed E-state index contributed by atoms with van der Waals surface area (Å²) in [7, 11) is 1.62. The van der Waals surface area contributed by atoms with Crippen molar-refractivity contribution >= 4 is 17.5 Å². The highest BCUT2D eigenvalue weighted by atomic mass is 35.5. The molecule has 0 saturated carbocycles. The highest BCUT2D eigenvalue weighted by Crippen LogP contribution is 2.25. The Labute approximate surface area is 117 Å². The fourth-order valence-electron chi connectivity index (χ4n) is 2.34. The summed E-state index contributed by atoms with van der Waals surface area (Å²) in [5, 5.41) is 0.123. The molecule has 6 heteroatoms. The Hall–Kier alpha value is -1.04. The Kier molecular flexibility index (Phi) is 4.18. The molecular formula is C13H18ClNO4. The third-order valence-electron chi connectivity index (χ3n) is 2.97. The van der Waals surface area contributed by atoms with Crippen LogP contribution < -0.4 is 0 Å². The molecular weight excluding hydrogens is 270 g/mol. The van der Waals surface area contributed by atoms with Crippen LogP contribution in [0.4, 0.5) is 0 Å². The van der Waals surface area contributed by atoms with E-state index in [0.29, 0.717) is 25.3 Å². The number of hydrogen-bond donors (Lipinski definition) is 0. The monoisotopic (exact) mass is 287 g/mol. The van der Waals surface area contributed by atoms with Crippen LogP contribution in [0.5, 0.6) is 0 Å². The molecule has 1 aromatic heterocycles. The average molecular weight is 288 g/mol. The maximum Gasteiger partial charge on any atom is 0.258 e. The molecule has 106 valence electrons. The molecule has 19 heavy (non-hydrogen) atoms. The van der Waals surface area contributed by atoms with E-state index < -0.39 is 5.60 Å². The molecule has 0 aromatic carbocycles. The highest BCUT2D eigenvalue weighted by molar-refractivity contribution is 6.32. The van der Waals surface area contributed by atoms with Crippen LogP contribution in [0.25, 0.3) is 0 Å². The number of carbonyl (C=O) groups excluding carboxylic acids is 1. The van der Waals surface area contributed by atoms with E-state index in [1.165, 1.54) is 6.26 Å². The molecule has 5 nitrogen and oxygen atoms in total. The molecule has 1 aliphatic rings. The van der Waals surface area contributed by atoms with Crippen LogP contribution in [0.15, 0.2) is 16.7 Å². The molecule has 2 rings (SSSR count). The van der Waals surface area contributed by atoms with E-state index >= 15 is 0 Å². The summed E-state index contributed by atoms with van der Waals surface area (Å²) >= 11 is 5.85. The molecule has 1 saturated heterocycles. The van der Waals surface area contributed by atoms with Gasteiger partial charge in [0.2, 0.25) is 5.22 Å². The molecule has 0 aliphatic carbocycles. The lowest BCUT2D eigenvalue weighted by molar-refractivity contribution is -0.143. The number of methoxy groups -OCH3 is 1. The van der Waals surface area contributed by atoms with Gasteiger partial charge in [-0.2, -0.15) is 0 Å². The zero-order valence-corrected chi connectivity index (χ0v) is 12.1. The van der Waals surface area contributed by atoms with Crippen molar-refractivity contribution in [1.82, 2.24) is 4.90 Å². The fourth-order valence-corrected chi connectivity index (χ4v) is 2.53. The standard InChI is InChI=1S/C13H18ClNO4/c1-13(2)8-15(6-9(19-13)7-17-3)12(16)10-4-5-18-11(10)14/h4-5,9H,6-8H2,1-3H3. The first-order chi connectivity index (χ1) is 8.93. The smallest absolute Gasteiger partial charge is 0.258 e. The second-order valence-electron chi connectivity index (χ2n) is 5.25. The van der Waals surface area contributed by atoms with Gasteiger partial charge in [0, 0.05) is 20.2 Å². The highest BCUT2D eigenvalue weighted by Gasteiger charge is 2.36. The zero-order valence-electron chi connectivity index (χ0n) is 11.3. The van der Waals surface area contributed by atoms with Crippen molar-refractivity contribution in [3.05, 3.63) is 23.1 Å². The maximum absolute atomic E-state index is 12.4. The molecule has 0 radical (unpaired) electrons. The van der Waals surface area contributed by atoms with Gasteiger partial charge in [0.15, 0.2) is 0 Å². The Morgan fingerprint density at radius 3 is 2.95 bits per heavy atom. The van der Waals surface area contributed by atoms with E-state index in [2.05, 4.69) is 0 Å². The predicted molar refractivity (Wildman–Crippen MR) is 70.4 cm³/mol. The molecule has 0 spiro atoms. The summed E-state index contributed by atoms with van der Waals surface area (Å²) < 4.78 is 15.9. The van der Waals surface area contributed by atoms with Gasteiger partial charge in [-0.15, -0.1) is 0 Å². The lowest BCUT2D eigenvalue weighted by Crippen LogP contribution is -2.55. The molecule has 1 aromatic rings. The van der Waals surface area contributed by atoms with Gasteiger partial charge in [0.1, 0.15) is 0 Å². The van der Waals surface area contributed by atoms with Gasteiger partial charge >= 0.3 is 0 Å². The van der Waals surface area contributed by atoms with Crippen molar-refractivity contribution in [2.45, 2.75) is 25.6 Å². The number of hydrogen-bond acceptors (Lipinski definition) is 4.